The van der Waals surface area contributed by atoms with E-state index < -0.39 is 5.97 Å². The highest BCUT2D eigenvalue weighted by molar-refractivity contribution is 14.1. The van der Waals surface area contributed by atoms with E-state index in [1.54, 1.807) is 0 Å². The number of carboxylic acid groups (broad SMARTS) is 1. The number of unbranched alkanes of at least 4 members (excludes halogenated alkanes) is 6. The summed E-state index contributed by atoms with van der Waals surface area (Å²) in [6.07, 6.45) is 9.71. The molecular formula is C20H42IN7O4. The second-order valence-electron chi connectivity index (χ2n) is 6.16. The third-order valence-corrected chi connectivity index (χ3v) is 3.35. The average Bonchev–Trinajstić information content (AvgIpc) is 2.68. The summed E-state index contributed by atoms with van der Waals surface area (Å²) < 4.78 is 7.31. The minimum absolute atomic E-state index is 0.168. The molecule has 32 heavy (non-hydrogen) atoms. The number of guanidine groups is 2. The van der Waals surface area contributed by atoms with Crippen molar-refractivity contribution < 1.29 is 19.4 Å². The van der Waals surface area contributed by atoms with E-state index in [2.05, 4.69) is 29.0 Å². The lowest BCUT2D eigenvalue weighted by Crippen LogP contribution is -2.39. The van der Waals surface area contributed by atoms with Crippen LogP contribution < -0.4 is 27.8 Å². The van der Waals surface area contributed by atoms with Crippen molar-refractivity contribution >= 4 is 46.6 Å². The maximum Gasteiger partial charge on any atom is 0.408 e. The Morgan fingerprint density at radius 1 is 1.00 bits per heavy atom. The van der Waals surface area contributed by atoms with E-state index in [4.69, 9.17) is 42.7 Å². The Labute approximate surface area is 206 Å². The minimum atomic E-state index is -0.833. The molecule has 0 spiro atoms. The number of halogens is 1. The first-order chi connectivity index (χ1) is 15.1. The summed E-state index contributed by atoms with van der Waals surface area (Å²) in [7, 11) is 0. The van der Waals surface area contributed by atoms with E-state index >= 15 is 0 Å². The van der Waals surface area contributed by atoms with E-state index in [1.807, 2.05) is 27.9 Å². The molecule has 0 saturated carbocycles. The van der Waals surface area contributed by atoms with Gasteiger partial charge in [0.25, 0.3) is 5.97 Å². The molecule has 11 nitrogen and oxygen atoms in total. The van der Waals surface area contributed by atoms with Gasteiger partial charge in [-0.2, -0.15) is 0 Å². The van der Waals surface area contributed by atoms with Crippen LogP contribution in [-0.4, -0.2) is 48.8 Å². The summed E-state index contributed by atoms with van der Waals surface area (Å²) in [5.41, 5.74) is 14.8. The molecule has 0 rings (SSSR count). The molecule has 188 valence electrons. The fraction of sp³-hybridized carbons (Fsp3) is 0.700. The number of aliphatic carboxylic acids is 1. The summed E-state index contributed by atoms with van der Waals surface area (Å²) in [5, 5.41) is 25.0. The Balaban J connectivity index is -0.000000174. The van der Waals surface area contributed by atoms with Gasteiger partial charge in [-0.1, -0.05) is 58.3 Å². The van der Waals surface area contributed by atoms with Crippen molar-refractivity contribution in [2.45, 2.75) is 72.1 Å². The van der Waals surface area contributed by atoms with E-state index in [-0.39, 0.29) is 24.6 Å². The van der Waals surface area contributed by atoms with Gasteiger partial charge in [-0.3, -0.25) is 20.9 Å². The highest BCUT2D eigenvalue weighted by Gasteiger charge is 1.97. The van der Waals surface area contributed by atoms with Crippen molar-refractivity contribution in [3.63, 3.8) is 0 Å². The van der Waals surface area contributed by atoms with Crippen molar-refractivity contribution in [1.29, 1.82) is 10.8 Å². The molecule has 0 unspecified atom stereocenters. The third-order valence-electron chi connectivity index (χ3n) is 2.97. The van der Waals surface area contributed by atoms with Crippen LogP contribution in [0, 0.1) is 20.7 Å². The molecule has 0 heterocycles. The summed E-state index contributed by atoms with van der Waals surface area (Å²) in [4.78, 5) is 19.8. The van der Waals surface area contributed by atoms with E-state index in [1.165, 1.54) is 38.5 Å². The highest BCUT2D eigenvalue weighted by Crippen LogP contribution is 2.03. The molecule has 0 aromatic carbocycles. The molecule has 0 fully saturated rings. The molecule has 0 aromatic rings. The predicted molar refractivity (Wildman–Crippen MR) is 139 cm³/mol. The number of alkyl carbamates (subject to hydrolysis) is 1. The van der Waals surface area contributed by atoms with Gasteiger partial charge < -0.3 is 32.4 Å². The quantitative estimate of drug-likeness (QED) is 0.0640. The fourth-order valence-corrected chi connectivity index (χ4v) is 1.77. The molecule has 0 bridgehead atoms. The molecule has 0 aliphatic rings. The molecule has 0 radical (unpaired) electrons. The van der Waals surface area contributed by atoms with Crippen LogP contribution in [0.2, 0.25) is 0 Å². The standard InChI is InChI=1S/C8H12INO2.C8H19N.C2H7N5.C2H4O2/c1-2-3-6-10-8(11)12-7-4-5-9;1-2-3-4-5-6-7-8-9;3-1(4)7-2(5)6;1-2(3)4/h2-3,6-7H2,1H3,(H,10,11);2-9H2,1H3;(H7,3,4,5,6,7);1H3,(H,3,4). The zero-order valence-electron chi connectivity index (χ0n) is 19.6. The fourth-order valence-electron chi connectivity index (χ4n) is 1.62. The van der Waals surface area contributed by atoms with Crippen molar-refractivity contribution in [3.8, 4) is 9.85 Å². The molecule has 12 heteroatoms. The number of nitrogens with two attached hydrogens (primary N) is 3. The van der Waals surface area contributed by atoms with Crippen LogP contribution in [0.4, 0.5) is 4.79 Å². The normalized spacial score (nSPS) is 8.28. The third kappa shape index (κ3) is 63.0. The molecule has 0 aromatic heterocycles. The summed E-state index contributed by atoms with van der Waals surface area (Å²) in [5.74, 6) is 1.16. The molecule has 0 aliphatic heterocycles. The van der Waals surface area contributed by atoms with Gasteiger partial charge in [0.05, 0.1) is 0 Å². The van der Waals surface area contributed by atoms with Crippen LogP contribution in [0.1, 0.15) is 72.1 Å². The topological polar surface area (TPSA) is 213 Å². The lowest BCUT2D eigenvalue weighted by molar-refractivity contribution is -0.134. The molecular weight excluding hydrogens is 529 g/mol. The smallest absolute Gasteiger partial charge is 0.408 e. The zero-order valence-corrected chi connectivity index (χ0v) is 21.7. The van der Waals surface area contributed by atoms with Gasteiger partial charge in [0.1, 0.15) is 0 Å². The molecule has 11 N–H and O–H groups in total. The monoisotopic (exact) mass is 571 g/mol. The highest BCUT2D eigenvalue weighted by atomic mass is 127. The number of hydrogen-bond donors (Lipinski definition) is 8. The maximum atomic E-state index is 10.8. The summed E-state index contributed by atoms with van der Waals surface area (Å²) in [6, 6.07) is 0. The number of carbonyl (C=O) groups is 2. The van der Waals surface area contributed by atoms with Crippen molar-refractivity contribution in [2.75, 3.05) is 19.7 Å². The predicted octanol–water partition coefficient (Wildman–Crippen LogP) is 2.67. The number of carbonyl (C=O) groups excluding carboxylic acids is 1. The second kappa shape index (κ2) is 33.4. The largest absolute Gasteiger partial charge is 0.481 e. The molecule has 0 atom stereocenters. The number of ether oxygens (including phenoxy) is 1. The van der Waals surface area contributed by atoms with Gasteiger partial charge in [0.2, 0.25) is 0 Å². The van der Waals surface area contributed by atoms with Crippen LogP contribution >= 0.6 is 22.6 Å². The Bertz CT molecular complexity index is 516. The number of hydrogen-bond acceptors (Lipinski definition) is 6. The number of nitrogens with one attached hydrogen (secondary N) is 4. The van der Waals surface area contributed by atoms with E-state index in [0.717, 1.165) is 26.3 Å². The Hall–Kier alpha value is -2.27. The van der Waals surface area contributed by atoms with Crippen molar-refractivity contribution in [1.82, 2.24) is 10.6 Å². The van der Waals surface area contributed by atoms with Crippen LogP contribution in [-0.2, 0) is 9.53 Å². The Kier molecular flexibility index (Phi) is 38.7. The number of rotatable bonds is 10. The van der Waals surface area contributed by atoms with Gasteiger partial charge in [0.15, 0.2) is 18.5 Å². The minimum Gasteiger partial charge on any atom is -0.481 e. The van der Waals surface area contributed by atoms with Crippen LogP contribution in [0.25, 0.3) is 0 Å². The van der Waals surface area contributed by atoms with E-state index in [0.29, 0.717) is 6.54 Å². The number of carboxylic acids is 1. The summed E-state index contributed by atoms with van der Waals surface area (Å²) >= 11 is 1.90. The van der Waals surface area contributed by atoms with Crippen LogP contribution in [0.5, 0.6) is 0 Å². The average molecular weight is 572 g/mol. The molecule has 0 saturated heterocycles. The maximum absolute atomic E-state index is 10.8. The van der Waals surface area contributed by atoms with Gasteiger partial charge in [-0.05, 0) is 23.3 Å². The Morgan fingerprint density at radius 3 is 1.84 bits per heavy atom. The number of amides is 1. The van der Waals surface area contributed by atoms with Crippen molar-refractivity contribution in [3.05, 3.63) is 0 Å². The van der Waals surface area contributed by atoms with Crippen LogP contribution in [0.15, 0.2) is 0 Å². The lowest BCUT2D eigenvalue weighted by Gasteiger charge is -2.02. The first kappa shape index (κ1) is 37.1. The Morgan fingerprint density at radius 2 is 1.47 bits per heavy atom. The molecule has 1 amide bonds. The van der Waals surface area contributed by atoms with Gasteiger partial charge in [-0.25, -0.2) is 4.79 Å². The van der Waals surface area contributed by atoms with Crippen molar-refractivity contribution in [2.24, 2.45) is 17.2 Å². The van der Waals surface area contributed by atoms with Crippen LogP contribution in [0.3, 0.4) is 0 Å². The van der Waals surface area contributed by atoms with E-state index in [9.17, 15) is 4.79 Å². The first-order valence-corrected chi connectivity index (χ1v) is 11.5. The van der Waals surface area contributed by atoms with Gasteiger partial charge >= 0.3 is 6.09 Å². The van der Waals surface area contributed by atoms with Gasteiger partial charge in [-0.15, -0.1) is 0 Å². The first-order valence-electron chi connectivity index (χ1n) is 10.4. The summed E-state index contributed by atoms with van der Waals surface area (Å²) in [6.45, 7) is 7.09. The zero-order chi connectivity index (χ0) is 25.6. The SMILES string of the molecule is CC(=O)O.CCCCCCCCN.CCCCNC(=O)OCC#CI.N=C(N)NC(=N)N. The molecule has 0 aliphatic carbocycles. The van der Waals surface area contributed by atoms with Gasteiger partial charge in [0, 0.05) is 36.1 Å². The lowest BCUT2D eigenvalue weighted by atomic mass is 10.1. The second-order valence-corrected chi connectivity index (χ2v) is 6.69.